The number of carbonyl (C=O) groups excluding carboxylic acids is 1. The van der Waals surface area contributed by atoms with Crippen LogP contribution in [0.1, 0.15) is 41.5 Å². The molecule has 0 aromatic heterocycles. The number of carboxylic acid groups (broad SMARTS) is 1. The summed E-state index contributed by atoms with van der Waals surface area (Å²) in [4.78, 5) is 21.3. The van der Waals surface area contributed by atoms with E-state index in [4.69, 9.17) is 9.84 Å². The maximum Gasteiger partial charge on any atom is 0.518 e. The zero-order valence-corrected chi connectivity index (χ0v) is 11.3. The molecule has 0 rings (SSSR count). The summed E-state index contributed by atoms with van der Waals surface area (Å²) in [6.07, 6.45) is -3.25. The second kappa shape index (κ2) is 5.89. The lowest BCUT2D eigenvalue weighted by Crippen LogP contribution is -2.42. The summed E-state index contributed by atoms with van der Waals surface area (Å²) < 4.78 is 8.94. The lowest BCUT2D eigenvalue weighted by molar-refractivity contribution is -0.0525. The van der Waals surface area contributed by atoms with Crippen molar-refractivity contribution in [2.75, 3.05) is 0 Å². The van der Waals surface area contributed by atoms with Crippen LogP contribution in [0.2, 0.25) is 0 Å². The Bertz CT molecular complexity index is 275. The first-order valence-corrected chi connectivity index (χ1v) is 5.73. The van der Waals surface area contributed by atoms with Gasteiger partial charge in [-0.3, -0.25) is 0 Å². The molecule has 0 aliphatic carbocycles. The maximum atomic E-state index is 11.1. The van der Waals surface area contributed by atoms with Gasteiger partial charge in [0.15, 0.2) is 0 Å². The predicted octanol–water partition coefficient (Wildman–Crippen LogP) is 3.52. The van der Waals surface area contributed by atoms with Gasteiger partial charge in [-0.1, -0.05) is 34.6 Å². The molecular weight excluding hydrogens is 224 g/mol. The Kier molecular flexibility index (Phi) is 5.45. The van der Waals surface area contributed by atoms with Gasteiger partial charge in [-0.15, -0.1) is 0 Å². The highest BCUT2D eigenvalue weighted by Crippen LogP contribution is 2.40. The normalized spacial score (nSPS) is 13.6. The molecule has 0 spiro atoms. The third-order valence-corrected chi connectivity index (χ3v) is 3.81. The summed E-state index contributed by atoms with van der Waals surface area (Å²) in [5, 5.41) is 8.29. The molecule has 0 fully saturated rings. The summed E-state index contributed by atoms with van der Waals surface area (Å²) >= 11 is 0. The van der Waals surface area contributed by atoms with Gasteiger partial charge in [0.05, 0.1) is 0 Å². The van der Waals surface area contributed by atoms with E-state index in [1.54, 1.807) is 6.92 Å². The quantitative estimate of drug-likeness (QED) is 0.606. The molecule has 1 unspecified atom stereocenters. The van der Waals surface area contributed by atoms with E-state index < -0.39 is 18.4 Å². The molecule has 0 radical (unpaired) electrons. The van der Waals surface area contributed by atoms with Crippen LogP contribution in [0, 0.1) is 17.3 Å². The Morgan fingerprint density at radius 3 is 1.76 bits per heavy atom. The Morgan fingerprint density at radius 2 is 1.47 bits per heavy atom. The Morgan fingerprint density at radius 1 is 1.06 bits per heavy atom. The van der Waals surface area contributed by atoms with Crippen molar-refractivity contribution in [3.63, 3.8) is 0 Å². The van der Waals surface area contributed by atoms with Gasteiger partial charge in [0.25, 0.3) is 0 Å². The van der Waals surface area contributed by atoms with Crippen molar-refractivity contribution in [1.82, 2.24) is 0 Å². The fourth-order valence-electron chi connectivity index (χ4n) is 1.97. The van der Waals surface area contributed by atoms with E-state index >= 15 is 0 Å². The molecule has 0 saturated carbocycles. The smallest absolute Gasteiger partial charge is 0.449 e. The molecule has 0 aromatic rings. The third kappa shape index (κ3) is 3.91. The molecule has 0 aliphatic rings. The highest BCUT2D eigenvalue weighted by Gasteiger charge is 2.40. The van der Waals surface area contributed by atoms with E-state index in [0.29, 0.717) is 0 Å². The van der Waals surface area contributed by atoms with Crippen LogP contribution in [0.3, 0.4) is 0 Å². The van der Waals surface area contributed by atoms with Crippen molar-refractivity contribution in [1.29, 1.82) is 0 Å². The summed E-state index contributed by atoms with van der Waals surface area (Å²) in [5.74, 6) is 0.574. The Hall–Kier alpha value is -1.26. The number of carbonyl (C=O) groups is 2. The first-order chi connectivity index (χ1) is 7.62. The van der Waals surface area contributed by atoms with Gasteiger partial charge in [-0.25, -0.2) is 9.59 Å². The topological polar surface area (TPSA) is 72.8 Å². The van der Waals surface area contributed by atoms with Crippen LogP contribution in [0.25, 0.3) is 0 Å². The van der Waals surface area contributed by atoms with Gasteiger partial charge in [0, 0.05) is 5.41 Å². The number of hydrogen-bond donors (Lipinski definition) is 1. The van der Waals surface area contributed by atoms with Crippen molar-refractivity contribution in [3.05, 3.63) is 0 Å². The molecule has 0 heterocycles. The summed E-state index contributed by atoms with van der Waals surface area (Å²) in [6, 6.07) is 0. The van der Waals surface area contributed by atoms with Gasteiger partial charge in [-0.2, -0.15) is 0 Å². The molecule has 0 aromatic carbocycles. The van der Waals surface area contributed by atoms with Gasteiger partial charge >= 0.3 is 12.3 Å². The highest BCUT2D eigenvalue weighted by molar-refractivity contribution is 5.75. The van der Waals surface area contributed by atoms with Crippen molar-refractivity contribution >= 4 is 12.3 Å². The van der Waals surface area contributed by atoms with Crippen LogP contribution >= 0.6 is 0 Å². The van der Waals surface area contributed by atoms with Crippen molar-refractivity contribution < 1.29 is 24.2 Å². The molecule has 1 atom stereocenters. The fourth-order valence-corrected chi connectivity index (χ4v) is 1.97. The summed E-state index contributed by atoms with van der Waals surface area (Å²) in [7, 11) is 0. The maximum absolute atomic E-state index is 11.1. The predicted molar refractivity (Wildman–Crippen MR) is 62.8 cm³/mol. The average molecular weight is 246 g/mol. The lowest BCUT2D eigenvalue weighted by Gasteiger charge is -2.41. The summed E-state index contributed by atoms with van der Waals surface area (Å²) in [6.45, 7) is 11.9. The molecule has 1 N–H and O–H groups in total. The molecule has 17 heavy (non-hydrogen) atoms. The molecule has 100 valence electrons. The largest absolute Gasteiger partial charge is 0.518 e. The molecule has 5 heteroatoms. The monoisotopic (exact) mass is 246 g/mol. The second-order valence-corrected chi connectivity index (χ2v) is 5.05. The number of rotatable bonds is 4. The fraction of sp³-hybridized carbons (Fsp3) is 0.833. The molecule has 0 bridgehead atoms. The minimum atomic E-state index is -1.65. The standard InChI is InChI=1S/C12H22O5/c1-7(2)12(6,8(3)4)9(5)16-11(15)17-10(13)14/h7-9H,1-6H3,(H,13,14). The number of ether oxygens (including phenoxy) is 2. The average Bonchev–Trinajstić information content (AvgIpc) is 2.13. The van der Waals surface area contributed by atoms with Crippen LogP contribution in [0.5, 0.6) is 0 Å². The minimum absolute atomic E-state index is 0.239. The molecule has 5 nitrogen and oxygen atoms in total. The SMILES string of the molecule is CC(C)C(C)(C(C)C)C(C)OC(=O)OC(=O)O. The second-order valence-electron chi connectivity index (χ2n) is 5.05. The highest BCUT2D eigenvalue weighted by atomic mass is 16.8. The summed E-state index contributed by atoms with van der Waals surface area (Å²) in [5.41, 5.74) is -0.239. The van der Waals surface area contributed by atoms with E-state index in [0.717, 1.165) is 0 Å². The third-order valence-electron chi connectivity index (χ3n) is 3.81. The van der Waals surface area contributed by atoms with Crippen molar-refractivity contribution in [2.45, 2.75) is 47.6 Å². The lowest BCUT2D eigenvalue weighted by atomic mass is 9.67. The van der Waals surface area contributed by atoms with Crippen LogP contribution in [0.15, 0.2) is 0 Å². The van der Waals surface area contributed by atoms with Crippen LogP contribution < -0.4 is 0 Å². The van der Waals surface area contributed by atoms with E-state index in [2.05, 4.69) is 4.74 Å². The van der Waals surface area contributed by atoms with Crippen molar-refractivity contribution in [3.8, 4) is 0 Å². The van der Waals surface area contributed by atoms with Crippen LogP contribution in [-0.2, 0) is 9.47 Å². The first kappa shape index (κ1) is 15.7. The Labute approximate surface area is 102 Å². The van der Waals surface area contributed by atoms with E-state index in [9.17, 15) is 9.59 Å². The molecule has 0 saturated heterocycles. The van der Waals surface area contributed by atoms with E-state index in [-0.39, 0.29) is 17.3 Å². The number of hydrogen-bond acceptors (Lipinski definition) is 4. The van der Waals surface area contributed by atoms with E-state index in [1.807, 2.05) is 34.6 Å². The molecule has 0 amide bonds. The van der Waals surface area contributed by atoms with Gasteiger partial charge < -0.3 is 14.6 Å². The van der Waals surface area contributed by atoms with Gasteiger partial charge in [0.1, 0.15) is 6.10 Å². The van der Waals surface area contributed by atoms with E-state index in [1.165, 1.54) is 0 Å². The first-order valence-electron chi connectivity index (χ1n) is 5.73. The van der Waals surface area contributed by atoms with Gasteiger partial charge in [0.2, 0.25) is 0 Å². The zero-order chi connectivity index (χ0) is 13.8. The molecule has 0 aliphatic heterocycles. The van der Waals surface area contributed by atoms with Gasteiger partial charge in [-0.05, 0) is 18.8 Å². The van der Waals surface area contributed by atoms with Crippen LogP contribution in [0.4, 0.5) is 9.59 Å². The zero-order valence-electron chi connectivity index (χ0n) is 11.3. The molecular formula is C12H22O5. The Balaban J connectivity index is 4.71. The van der Waals surface area contributed by atoms with Crippen LogP contribution in [-0.4, -0.2) is 23.5 Å². The minimum Gasteiger partial charge on any atom is -0.449 e. The van der Waals surface area contributed by atoms with Crippen molar-refractivity contribution in [2.24, 2.45) is 17.3 Å².